The van der Waals surface area contributed by atoms with Crippen molar-refractivity contribution in [3.8, 4) is 0 Å². The van der Waals surface area contributed by atoms with Gasteiger partial charge in [0.1, 0.15) is 5.84 Å². The summed E-state index contributed by atoms with van der Waals surface area (Å²) >= 11 is 0. The average Bonchev–Trinajstić information content (AvgIpc) is 3.41. The van der Waals surface area contributed by atoms with E-state index in [9.17, 15) is 14.7 Å². The number of carboxylic acids is 1. The largest absolute Gasteiger partial charge is 0.478 e. The van der Waals surface area contributed by atoms with E-state index < -0.39 is 5.97 Å². The van der Waals surface area contributed by atoms with Gasteiger partial charge in [-0.2, -0.15) is 0 Å². The summed E-state index contributed by atoms with van der Waals surface area (Å²) in [7, 11) is 0. The molecular formula is C26H30N4O3. The highest BCUT2D eigenvalue weighted by atomic mass is 16.4. The fourth-order valence-corrected chi connectivity index (χ4v) is 4.99. The van der Waals surface area contributed by atoms with Crippen LogP contribution in [0.15, 0.2) is 48.5 Å². The zero-order valence-electron chi connectivity index (χ0n) is 18.9. The van der Waals surface area contributed by atoms with Crippen molar-refractivity contribution < 1.29 is 14.7 Å². The third-order valence-electron chi connectivity index (χ3n) is 6.64. The Morgan fingerprint density at radius 1 is 1.18 bits per heavy atom. The molecule has 2 heterocycles. The van der Waals surface area contributed by atoms with Gasteiger partial charge in [-0.25, -0.2) is 4.79 Å². The topological polar surface area (TPSA) is 112 Å². The first-order chi connectivity index (χ1) is 15.9. The van der Waals surface area contributed by atoms with Crippen molar-refractivity contribution in [3.63, 3.8) is 0 Å². The summed E-state index contributed by atoms with van der Waals surface area (Å²) < 4.78 is 2.26. The van der Waals surface area contributed by atoms with Crippen LogP contribution in [-0.2, 0) is 24.2 Å². The smallest absolute Gasteiger partial charge is 0.335 e. The van der Waals surface area contributed by atoms with Gasteiger partial charge in [-0.3, -0.25) is 10.2 Å². The Morgan fingerprint density at radius 3 is 2.70 bits per heavy atom. The predicted molar refractivity (Wildman–Crippen MR) is 129 cm³/mol. The second-order valence-electron chi connectivity index (χ2n) is 8.63. The number of amides is 1. The molecule has 33 heavy (non-hydrogen) atoms. The molecule has 4 N–H and O–H groups in total. The van der Waals surface area contributed by atoms with E-state index in [4.69, 9.17) is 11.1 Å². The van der Waals surface area contributed by atoms with Crippen molar-refractivity contribution in [1.82, 2.24) is 9.47 Å². The number of carbonyl (C=O) groups excluding carboxylic acids is 1. The molecule has 1 aliphatic rings. The van der Waals surface area contributed by atoms with Crippen LogP contribution < -0.4 is 5.73 Å². The van der Waals surface area contributed by atoms with Crippen LogP contribution in [0, 0.1) is 5.41 Å². The SMILES string of the molecule is CCn1c(CCC2CCCN2C(=O)Cc2ccccc2C(=O)O)cc2ccc(C(=N)N)cc21. The summed E-state index contributed by atoms with van der Waals surface area (Å²) in [5, 5.41) is 18.3. The maximum absolute atomic E-state index is 13.1. The molecule has 0 spiro atoms. The van der Waals surface area contributed by atoms with Crippen LogP contribution in [0.2, 0.25) is 0 Å². The Morgan fingerprint density at radius 2 is 1.97 bits per heavy atom. The summed E-state index contributed by atoms with van der Waals surface area (Å²) in [6.45, 7) is 3.64. The number of likely N-dealkylation sites (tertiary alicyclic amines) is 1. The summed E-state index contributed by atoms with van der Waals surface area (Å²) in [5.74, 6) is -0.947. The van der Waals surface area contributed by atoms with Crippen LogP contribution in [0.25, 0.3) is 10.9 Å². The minimum atomic E-state index is -1.00. The highest BCUT2D eigenvalue weighted by molar-refractivity contribution is 5.98. The molecule has 3 aromatic rings. The van der Waals surface area contributed by atoms with E-state index in [2.05, 4.69) is 17.6 Å². The Balaban J connectivity index is 1.48. The zero-order valence-corrected chi connectivity index (χ0v) is 18.9. The molecule has 4 rings (SSSR count). The quantitative estimate of drug-likeness (QED) is 0.361. The first kappa shape index (κ1) is 22.6. The number of aromatic carboxylic acids is 1. The number of hydrogen-bond donors (Lipinski definition) is 3. The minimum Gasteiger partial charge on any atom is -0.478 e. The zero-order chi connectivity index (χ0) is 23.5. The van der Waals surface area contributed by atoms with E-state index >= 15 is 0 Å². The third kappa shape index (κ3) is 4.62. The normalized spacial score (nSPS) is 15.8. The number of nitrogens with zero attached hydrogens (tertiary/aromatic N) is 2. The lowest BCUT2D eigenvalue weighted by atomic mass is 10.0. The molecule has 2 aromatic carbocycles. The number of carbonyl (C=O) groups is 2. The fourth-order valence-electron chi connectivity index (χ4n) is 4.99. The van der Waals surface area contributed by atoms with Crippen LogP contribution in [0.4, 0.5) is 0 Å². The highest BCUT2D eigenvalue weighted by Crippen LogP contribution is 2.27. The lowest BCUT2D eigenvalue weighted by Gasteiger charge is -2.25. The van der Waals surface area contributed by atoms with Gasteiger partial charge in [0.2, 0.25) is 5.91 Å². The molecule has 1 fully saturated rings. The molecule has 0 radical (unpaired) electrons. The van der Waals surface area contributed by atoms with Gasteiger partial charge in [-0.05, 0) is 61.8 Å². The molecule has 0 saturated carbocycles. The van der Waals surface area contributed by atoms with Crippen LogP contribution in [0.3, 0.4) is 0 Å². The summed E-state index contributed by atoms with van der Waals surface area (Å²) in [5.41, 5.74) is 9.43. The number of nitrogen functional groups attached to an aromatic ring is 1. The lowest BCUT2D eigenvalue weighted by Crippen LogP contribution is -2.37. The third-order valence-corrected chi connectivity index (χ3v) is 6.64. The van der Waals surface area contributed by atoms with Crippen molar-refractivity contribution in [1.29, 1.82) is 5.41 Å². The summed E-state index contributed by atoms with van der Waals surface area (Å²) in [6, 6.07) is 14.9. The molecule has 1 amide bonds. The molecule has 7 nitrogen and oxygen atoms in total. The number of carboxylic acid groups (broad SMARTS) is 1. The number of rotatable bonds is 8. The van der Waals surface area contributed by atoms with E-state index in [1.165, 1.54) is 5.69 Å². The van der Waals surface area contributed by atoms with Crippen molar-refractivity contribution >= 4 is 28.6 Å². The average molecular weight is 447 g/mol. The standard InChI is InChI=1S/C26H30N4O3/c1-2-29-21(14-18-9-10-19(25(27)28)15-23(18)29)12-11-20-7-5-13-30(20)24(31)16-17-6-3-4-8-22(17)26(32)33/h3-4,6,8-10,14-15,20H,2,5,7,11-13,16H2,1H3,(H3,27,28)(H,32,33). The van der Waals surface area contributed by atoms with Gasteiger partial charge in [0, 0.05) is 35.9 Å². The monoisotopic (exact) mass is 446 g/mol. The van der Waals surface area contributed by atoms with Crippen molar-refractivity contribution in [2.45, 2.75) is 51.6 Å². The summed E-state index contributed by atoms with van der Waals surface area (Å²) in [6.07, 6.45) is 3.76. The molecule has 0 aliphatic carbocycles. The molecular weight excluding hydrogens is 416 g/mol. The number of benzene rings is 2. The number of nitrogens with one attached hydrogen (secondary N) is 1. The Kier molecular flexibility index (Phi) is 6.49. The molecule has 172 valence electrons. The maximum Gasteiger partial charge on any atom is 0.335 e. The van der Waals surface area contributed by atoms with Gasteiger partial charge >= 0.3 is 5.97 Å². The van der Waals surface area contributed by atoms with Crippen molar-refractivity contribution in [2.24, 2.45) is 5.73 Å². The van der Waals surface area contributed by atoms with E-state index in [1.807, 2.05) is 23.1 Å². The van der Waals surface area contributed by atoms with Crippen LogP contribution in [0.1, 0.15) is 53.4 Å². The Bertz CT molecular complexity index is 1210. The number of nitrogens with two attached hydrogens (primary N) is 1. The molecule has 1 aromatic heterocycles. The number of hydrogen-bond acceptors (Lipinski definition) is 3. The molecule has 0 bridgehead atoms. The first-order valence-corrected chi connectivity index (χ1v) is 11.5. The van der Waals surface area contributed by atoms with Gasteiger partial charge in [-0.1, -0.05) is 30.3 Å². The molecule has 1 unspecified atom stereocenters. The predicted octanol–water partition coefficient (Wildman–Crippen LogP) is 3.81. The highest BCUT2D eigenvalue weighted by Gasteiger charge is 2.29. The fraction of sp³-hybridized carbons (Fsp3) is 0.346. The van der Waals surface area contributed by atoms with Crippen molar-refractivity contribution in [2.75, 3.05) is 6.54 Å². The molecule has 7 heteroatoms. The number of fused-ring (bicyclic) bond motifs is 1. The molecule has 1 saturated heterocycles. The Hall–Kier alpha value is -3.61. The van der Waals surface area contributed by atoms with Gasteiger partial charge in [0.25, 0.3) is 0 Å². The second kappa shape index (κ2) is 9.48. The second-order valence-corrected chi connectivity index (χ2v) is 8.63. The van der Waals surface area contributed by atoms with E-state index in [-0.39, 0.29) is 29.8 Å². The van der Waals surface area contributed by atoms with Crippen LogP contribution in [0.5, 0.6) is 0 Å². The van der Waals surface area contributed by atoms with Gasteiger partial charge in [0.15, 0.2) is 0 Å². The lowest BCUT2D eigenvalue weighted by molar-refractivity contribution is -0.131. The van der Waals surface area contributed by atoms with Gasteiger partial charge < -0.3 is 20.3 Å². The molecule has 1 atom stereocenters. The molecule has 1 aliphatic heterocycles. The van der Waals surface area contributed by atoms with E-state index in [0.717, 1.165) is 55.2 Å². The number of amidine groups is 1. The number of aryl methyl sites for hydroxylation is 2. The first-order valence-electron chi connectivity index (χ1n) is 11.5. The van der Waals surface area contributed by atoms with Crippen LogP contribution in [-0.4, -0.2) is 44.9 Å². The van der Waals surface area contributed by atoms with Gasteiger partial charge in [0.05, 0.1) is 12.0 Å². The number of aromatic nitrogens is 1. The Labute approximate surface area is 193 Å². The van der Waals surface area contributed by atoms with Crippen LogP contribution >= 0.6 is 0 Å². The summed E-state index contributed by atoms with van der Waals surface area (Å²) in [4.78, 5) is 26.5. The van der Waals surface area contributed by atoms with E-state index in [1.54, 1.807) is 24.3 Å². The van der Waals surface area contributed by atoms with Gasteiger partial charge in [-0.15, -0.1) is 0 Å². The minimum absolute atomic E-state index is 0.00617. The van der Waals surface area contributed by atoms with Crippen molar-refractivity contribution in [3.05, 3.63) is 70.9 Å². The van der Waals surface area contributed by atoms with E-state index in [0.29, 0.717) is 5.56 Å². The maximum atomic E-state index is 13.1.